The summed E-state index contributed by atoms with van der Waals surface area (Å²) in [6.07, 6.45) is 0. The summed E-state index contributed by atoms with van der Waals surface area (Å²) >= 11 is 6.98. The van der Waals surface area contributed by atoms with Crippen LogP contribution in [-0.4, -0.2) is 23.9 Å². The zero-order valence-corrected chi connectivity index (χ0v) is 11.4. The first-order chi connectivity index (χ1) is 7.95. The third-order valence-electron chi connectivity index (χ3n) is 1.95. The Morgan fingerprint density at radius 1 is 1.59 bits per heavy atom. The van der Waals surface area contributed by atoms with Gasteiger partial charge < -0.3 is 10.1 Å². The minimum atomic E-state index is -0.646. The summed E-state index contributed by atoms with van der Waals surface area (Å²) in [5.41, 5.74) is 0.375. The first kappa shape index (κ1) is 14.0. The molecule has 0 aliphatic carbocycles. The highest BCUT2D eigenvalue weighted by Gasteiger charge is 2.19. The van der Waals surface area contributed by atoms with Gasteiger partial charge in [0.25, 0.3) is 0 Å². The maximum Gasteiger partial charge on any atom is 0.341 e. The molecule has 0 unspecified atom stereocenters. The van der Waals surface area contributed by atoms with Crippen LogP contribution >= 0.6 is 22.9 Å². The number of anilines is 1. The number of halogens is 1. The largest absolute Gasteiger partial charge is 0.462 e. The zero-order valence-electron chi connectivity index (χ0n) is 9.87. The number of carbonyl (C=O) groups is 2. The van der Waals surface area contributed by atoms with E-state index in [0.29, 0.717) is 17.2 Å². The van der Waals surface area contributed by atoms with Crippen molar-refractivity contribution in [2.24, 2.45) is 0 Å². The van der Waals surface area contributed by atoms with Gasteiger partial charge in [-0.25, -0.2) is 4.79 Å². The average molecular weight is 276 g/mol. The number of amides is 1. The van der Waals surface area contributed by atoms with E-state index in [1.54, 1.807) is 19.9 Å². The first-order valence-electron chi connectivity index (χ1n) is 5.18. The van der Waals surface area contributed by atoms with Crippen molar-refractivity contribution in [1.82, 2.24) is 0 Å². The molecular formula is C11H14ClNO3S. The van der Waals surface area contributed by atoms with Crippen LogP contribution < -0.4 is 5.32 Å². The lowest BCUT2D eigenvalue weighted by molar-refractivity contribution is -0.115. The molecule has 4 nitrogen and oxygen atoms in total. The van der Waals surface area contributed by atoms with Gasteiger partial charge in [0.1, 0.15) is 10.4 Å². The van der Waals surface area contributed by atoms with E-state index in [-0.39, 0.29) is 5.91 Å². The summed E-state index contributed by atoms with van der Waals surface area (Å²) in [7, 11) is 0. The van der Waals surface area contributed by atoms with E-state index in [1.807, 2.05) is 6.92 Å². The van der Waals surface area contributed by atoms with Crippen molar-refractivity contribution in [2.75, 3.05) is 11.9 Å². The molecule has 1 aromatic heterocycles. The lowest BCUT2D eigenvalue weighted by Crippen LogP contribution is -2.21. The molecule has 1 aromatic rings. The molecule has 0 aliphatic rings. The fourth-order valence-corrected chi connectivity index (χ4v) is 2.14. The third-order valence-corrected chi connectivity index (χ3v) is 3.11. The maximum absolute atomic E-state index is 11.6. The number of hydrogen-bond donors (Lipinski definition) is 1. The van der Waals surface area contributed by atoms with Crippen LogP contribution in [0, 0.1) is 6.92 Å². The van der Waals surface area contributed by atoms with Crippen molar-refractivity contribution in [3.8, 4) is 0 Å². The van der Waals surface area contributed by atoms with E-state index in [4.69, 9.17) is 16.3 Å². The Kier molecular flexibility index (Phi) is 4.96. The van der Waals surface area contributed by atoms with Crippen LogP contribution in [0.15, 0.2) is 6.07 Å². The average Bonchev–Trinajstić information content (AvgIpc) is 2.59. The predicted molar refractivity (Wildman–Crippen MR) is 69.0 cm³/mol. The van der Waals surface area contributed by atoms with Crippen molar-refractivity contribution in [3.63, 3.8) is 0 Å². The molecule has 0 aromatic carbocycles. The van der Waals surface area contributed by atoms with Crippen LogP contribution in [0.1, 0.15) is 29.1 Å². The molecule has 1 atom stereocenters. The maximum atomic E-state index is 11.6. The SMILES string of the molecule is CCOC(=O)c1cc(C)sc1NC(=O)[C@H](C)Cl. The minimum Gasteiger partial charge on any atom is -0.462 e. The highest BCUT2D eigenvalue weighted by molar-refractivity contribution is 7.16. The lowest BCUT2D eigenvalue weighted by atomic mass is 10.3. The Morgan fingerprint density at radius 2 is 2.24 bits per heavy atom. The molecule has 0 spiro atoms. The van der Waals surface area contributed by atoms with E-state index >= 15 is 0 Å². The van der Waals surface area contributed by atoms with Gasteiger partial charge in [-0.1, -0.05) is 0 Å². The lowest BCUT2D eigenvalue weighted by Gasteiger charge is -2.06. The Morgan fingerprint density at radius 3 is 2.76 bits per heavy atom. The Bertz CT molecular complexity index is 428. The second-order valence-electron chi connectivity index (χ2n) is 3.43. The minimum absolute atomic E-state index is 0.299. The van der Waals surface area contributed by atoms with Gasteiger partial charge in [0, 0.05) is 4.88 Å². The fourth-order valence-electron chi connectivity index (χ4n) is 1.18. The van der Waals surface area contributed by atoms with Gasteiger partial charge in [-0.15, -0.1) is 22.9 Å². The number of carbonyl (C=O) groups excluding carboxylic acids is 2. The molecule has 1 amide bonds. The quantitative estimate of drug-likeness (QED) is 0.679. The molecular weight excluding hydrogens is 262 g/mol. The Balaban J connectivity index is 2.92. The molecule has 0 saturated heterocycles. The van der Waals surface area contributed by atoms with Crippen LogP contribution in [0.2, 0.25) is 0 Å². The molecule has 0 saturated carbocycles. The number of alkyl halides is 1. The predicted octanol–water partition coefficient (Wildman–Crippen LogP) is 2.80. The fraction of sp³-hybridized carbons (Fsp3) is 0.455. The van der Waals surface area contributed by atoms with Gasteiger partial charge in [0.2, 0.25) is 5.91 Å². The highest BCUT2D eigenvalue weighted by atomic mass is 35.5. The van der Waals surface area contributed by atoms with E-state index in [2.05, 4.69) is 5.32 Å². The summed E-state index contributed by atoms with van der Waals surface area (Å²) in [4.78, 5) is 24.0. The molecule has 94 valence electrons. The number of esters is 1. The van der Waals surface area contributed by atoms with Gasteiger partial charge in [-0.3, -0.25) is 4.79 Å². The standard InChI is InChI=1S/C11H14ClNO3S/c1-4-16-11(15)8-5-6(2)17-10(8)13-9(14)7(3)12/h5,7H,4H2,1-3H3,(H,13,14)/t7-/m0/s1. The van der Waals surface area contributed by atoms with Gasteiger partial charge in [-0.2, -0.15) is 0 Å². The molecule has 1 N–H and O–H groups in total. The van der Waals surface area contributed by atoms with E-state index < -0.39 is 11.3 Å². The summed E-state index contributed by atoms with van der Waals surface area (Å²) in [5.74, 6) is -0.770. The second kappa shape index (κ2) is 6.02. The van der Waals surface area contributed by atoms with Crippen molar-refractivity contribution in [1.29, 1.82) is 0 Å². The topological polar surface area (TPSA) is 55.4 Å². The molecule has 1 heterocycles. The van der Waals surface area contributed by atoms with Crippen molar-refractivity contribution in [3.05, 3.63) is 16.5 Å². The molecule has 0 bridgehead atoms. The first-order valence-corrected chi connectivity index (χ1v) is 6.43. The van der Waals surface area contributed by atoms with Crippen LogP contribution in [-0.2, 0) is 9.53 Å². The summed E-state index contributed by atoms with van der Waals surface area (Å²) in [5, 5.41) is 2.46. The summed E-state index contributed by atoms with van der Waals surface area (Å²) in [6, 6.07) is 1.69. The highest BCUT2D eigenvalue weighted by Crippen LogP contribution is 2.28. The van der Waals surface area contributed by atoms with Crippen molar-refractivity contribution < 1.29 is 14.3 Å². The van der Waals surface area contributed by atoms with Gasteiger partial charge in [0.15, 0.2) is 0 Å². The molecule has 6 heteroatoms. The monoisotopic (exact) mass is 275 g/mol. The molecule has 1 rings (SSSR count). The molecule has 0 radical (unpaired) electrons. The summed E-state index contributed by atoms with van der Waals surface area (Å²) in [6.45, 7) is 5.46. The molecule has 0 aliphatic heterocycles. The van der Waals surface area contributed by atoms with Gasteiger partial charge in [0.05, 0.1) is 12.2 Å². The van der Waals surface area contributed by atoms with Crippen molar-refractivity contribution in [2.45, 2.75) is 26.1 Å². The van der Waals surface area contributed by atoms with Crippen LogP contribution in [0.4, 0.5) is 5.00 Å². The number of hydrogen-bond acceptors (Lipinski definition) is 4. The zero-order chi connectivity index (χ0) is 13.0. The summed E-state index contributed by atoms with van der Waals surface area (Å²) < 4.78 is 4.91. The number of ether oxygens (including phenoxy) is 1. The second-order valence-corrected chi connectivity index (χ2v) is 5.34. The van der Waals surface area contributed by atoms with Gasteiger partial charge >= 0.3 is 5.97 Å². The number of rotatable bonds is 4. The Hall–Kier alpha value is -1.07. The van der Waals surface area contributed by atoms with E-state index in [0.717, 1.165) is 4.88 Å². The number of thiophene rings is 1. The van der Waals surface area contributed by atoms with Crippen LogP contribution in [0.3, 0.4) is 0 Å². The smallest absolute Gasteiger partial charge is 0.341 e. The van der Waals surface area contributed by atoms with E-state index in [1.165, 1.54) is 11.3 Å². The number of nitrogens with one attached hydrogen (secondary N) is 1. The van der Waals surface area contributed by atoms with Gasteiger partial charge in [-0.05, 0) is 26.8 Å². The van der Waals surface area contributed by atoms with Crippen LogP contribution in [0.25, 0.3) is 0 Å². The molecule has 0 fully saturated rings. The molecule has 17 heavy (non-hydrogen) atoms. The third kappa shape index (κ3) is 3.71. The number of aryl methyl sites for hydroxylation is 1. The van der Waals surface area contributed by atoms with Crippen LogP contribution in [0.5, 0.6) is 0 Å². The van der Waals surface area contributed by atoms with E-state index in [9.17, 15) is 9.59 Å². The normalized spacial score (nSPS) is 12.0. The Labute approximate surface area is 109 Å². The van der Waals surface area contributed by atoms with Crippen molar-refractivity contribution >= 4 is 39.8 Å².